The van der Waals surface area contributed by atoms with Crippen LogP contribution < -0.4 is 5.73 Å². The maximum Gasteiger partial charge on any atom is 0.0979 e. The maximum atomic E-state index is 6.34. The molecule has 0 spiro atoms. The fraction of sp³-hybridized carbons (Fsp3) is 0.571. The monoisotopic (exact) mass is 235 g/mol. The first kappa shape index (κ1) is 12.6. The smallest absolute Gasteiger partial charge is 0.0979 e. The van der Waals surface area contributed by atoms with E-state index in [1.165, 1.54) is 0 Å². The highest BCUT2D eigenvalue weighted by Crippen LogP contribution is 2.28. The predicted octanol–water partition coefficient (Wildman–Crippen LogP) is 2.13. The average molecular weight is 235 g/mol. The first-order valence-electron chi connectivity index (χ1n) is 6.32. The molecule has 3 heteroatoms. The van der Waals surface area contributed by atoms with Gasteiger partial charge in [0.05, 0.1) is 12.7 Å². The number of benzene rings is 1. The second kappa shape index (κ2) is 6.15. The van der Waals surface area contributed by atoms with Gasteiger partial charge in [-0.3, -0.25) is 0 Å². The van der Waals surface area contributed by atoms with Gasteiger partial charge >= 0.3 is 0 Å². The topological polar surface area (TPSA) is 44.5 Å². The summed E-state index contributed by atoms with van der Waals surface area (Å²) in [6.45, 7) is 4.28. The summed E-state index contributed by atoms with van der Waals surface area (Å²) >= 11 is 0. The van der Waals surface area contributed by atoms with Gasteiger partial charge < -0.3 is 15.2 Å². The van der Waals surface area contributed by atoms with Gasteiger partial charge in [-0.15, -0.1) is 0 Å². The van der Waals surface area contributed by atoms with Crippen molar-refractivity contribution in [3.63, 3.8) is 0 Å². The highest BCUT2D eigenvalue weighted by Gasteiger charge is 2.30. The number of nitrogens with two attached hydrogens (primary N) is 1. The van der Waals surface area contributed by atoms with Crippen molar-refractivity contribution < 1.29 is 9.47 Å². The summed E-state index contributed by atoms with van der Waals surface area (Å²) in [7, 11) is 0. The molecule has 0 amide bonds. The van der Waals surface area contributed by atoms with Crippen LogP contribution in [0.25, 0.3) is 0 Å². The molecular weight excluding hydrogens is 214 g/mol. The van der Waals surface area contributed by atoms with Crippen LogP contribution in [-0.4, -0.2) is 25.9 Å². The molecule has 94 valence electrons. The quantitative estimate of drug-likeness (QED) is 0.850. The number of hydrogen-bond donors (Lipinski definition) is 1. The summed E-state index contributed by atoms with van der Waals surface area (Å²) in [5.74, 6) is 0.409. The Bertz CT molecular complexity index is 322. The van der Waals surface area contributed by atoms with Crippen LogP contribution in [0.2, 0.25) is 0 Å². The third kappa shape index (κ3) is 3.06. The molecule has 1 aliphatic rings. The molecule has 3 nitrogen and oxygen atoms in total. The van der Waals surface area contributed by atoms with Gasteiger partial charge in [0.15, 0.2) is 0 Å². The number of ether oxygens (including phenoxy) is 2. The van der Waals surface area contributed by atoms with Gasteiger partial charge in [0, 0.05) is 25.2 Å². The Morgan fingerprint density at radius 1 is 1.41 bits per heavy atom. The second-order valence-corrected chi connectivity index (χ2v) is 4.49. The average Bonchev–Trinajstić information content (AvgIpc) is 2.90. The molecule has 0 aromatic heterocycles. The molecular formula is C14H21NO2. The number of rotatable bonds is 5. The van der Waals surface area contributed by atoms with Crippen LogP contribution in [-0.2, 0) is 9.47 Å². The lowest BCUT2D eigenvalue weighted by molar-refractivity contribution is 0.0258. The normalized spacial score (nSPS) is 23.5. The zero-order valence-electron chi connectivity index (χ0n) is 10.3. The molecule has 0 bridgehead atoms. The molecule has 1 fully saturated rings. The van der Waals surface area contributed by atoms with Crippen LogP contribution in [0.4, 0.5) is 0 Å². The Morgan fingerprint density at radius 3 is 2.76 bits per heavy atom. The lowest BCUT2D eigenvalue weighted by atomic mass is 9.91. The number of hydrogen-bond acceptors (Lipinski definition) is 3. The van der Waals surface area contributed by atoms with Crippen molar-refractivity contribution in [3.05, 3.63) is 35.9 Å². The van der Waals surface area contributed by atoms with E-state index in [0.29, 0.717) is 12.5 Å². The Morgan fingerprint density at radius 2 is 2.18 bits per heavy atom. The van der Waals surface area contributed by atoms with Gasteiger partial charge in [-0.25, -0.2) is 0 Å². The molecule has 1 aromatic carbocycles. The fourth-order valence-corrected chi connectivity index (χ4v) is 2.36. The fourth-order valence-electron chi connectivity index (χ4n) is 2.36. The van der Waals surface area contributed by atoms with E-state index in [9.17, 15) is 0 Å². The lowest BCUT2D eigenvalue weighted by Gasteiger charge is -2.28. The summed E-state index contributed by atoms with van der Waals surface area (Å²) in [6, 6.07) is 10.2. The Kier molecular flexibility index (Phi) is 4.54. The van der Waals surface area contributed by atoms with Gasteiger partial charge in [-0.2, -0.15) is 0 Å². The molecule has 1 heterocycles. The van der Waals surface area contributed by atoms with Crippen molar-refractivity contribution in [2.45, 2.75) is 25.5 Å². The summed E-state index contributed by atoms with van der Waals surface area (Å²) in [6.07, 6.45) is 1.02. The van der Waals surface area contributed by atoms with Crippen LogP contribution in [0.1, 0.15) is 25.0 Å². The Balaban J connectivity index is 2.10. The zero-order valence-corrected chi connectivity index (χ0v) is 10.3. The van der Waals surface area contributed by atoms with Crippen molar-refractivity contribution in [3.8, 4) is 0 Å². The zero-order chi connectivity index (χ0) is 12.1. The molecule has 1 aliphatic heterocycles. The van der Waals surface area contributed by atoms with Gasteiger partial charge in [-0.1, -0.05) is 30.3 Å². The van der Waals surface area contributed by atoms with Crippen LogP contribution in [0.5, 0.6) is 0 Å². The van der Waals surface area contributed by atoms with Gasteiger partial charge in [-0.05, 0) is 18.9 Å². The van der Waals surface area contributed by atoms with Crippen molar-refractivity contribution in [1.29, 1.82) is 0 Å². The maximum absolute atomic E-state index is 6.34. The molecule has 3 unspecified atom stereocenters. The van der Waals surface area contributed by atoms with Crippen molar-refractivity contribution in [1.82, 2.24) is 0 Å². The molecule has 0 aliphatic carbocycles. The largest absolute Gasteiger partial charge is 0.381 e. The molecule has 1 aromatic rings. The lowest BCUT2D eigenvalue weighted by Crippen LogP contribution is -2.38. The van der Waals surface area contributed by atoms with E-state index in [2.05, 4.69) is 12.1 Å². The van der Waals surface area contributed by atoms with E-state index >= 15 is 0 Å². The summed E-state index contributed by atoms with van der Waals surface area (Å²) < 4.78 is 11.2. The molecule has 2 rings (SSSR count). The highest BCUT2D eigenvalue weighted by molar-refractivity contribution is 5.19. The van der Waals surface area contributed by atoms with Gasteiger partial charge in [0.1, 0.15) is 0 Å². The Labute approximate surface area is 103 Å². The van der Waals surface area contributed by atoms with E-state index in [-0.39, 0.29) is 12.1 Å². The minimum atomic E-state index is -0.0205. The van der Waals surface area contributed by atoms with Crippen LogP contribution in [0, 0.1) is 5.92 Å². The second-order valence-electron chi connectivity index (χ2n) is 4.49. The molecule has 0 saturated carbocycles. The molecule has 17 heavy (non-hydrogen) atoms. The third-order valence-corrected chi connectivity index (χ3v) is 3.33. The summed E-state index contributed by atoms with van der Waals surface area (Å²) in [5.41, 5.74) is 7.50. The minimum Gasteiger partial charge on any atom is -0.381 e. The van der Waals surface area contributed by atoms with Crippen molar-refractivity contribution >= 4 is 0 Å². The van der Waals surface area contributed by atoms with E-state index in [1.807, 2.05) is 25.1 Å². The summed E-state index contributed by atoms with van der Waals surface area (Å²) in [5, 5.41) is 0. The van der Waals surface area contributed by atoms with Gasteiger partial charge in [0.25, 0.3) is 0 Å². The molecule has 0 radical (unpaired) electrons. The van der Waals surface area contributed by atoms with Crippen LogP contribution in [0.3, 0.4) is 0 Å². The van der Waals surface area contributed by atoms with Crippen molar-refractivity contribution in [2.24, 2.45) is 11.7 Å². The van der Waals surface area contributed by atoms with E-state index < -0.39 is 0 Å². The minimum absolute atomic E-state index is 0.0137. The molecule has 3 atom stereocenters. The SMILES string of the molecule is CCOC(c1ccccc1)C(N)C1CCOC1. The van der Waals surface area contributed by atoms with Crippen LogP contribution in [0.15, 0.2) is 30.3 Å². The standard InChI is InChI=1S/C14H21NO2/c1-2-17-14(11-6-4-3-5-7-11)13(15)12-8-9-16-10-12/h3-7,12-14H,2,8-10,15H2,1H3. The first-order chi connectivity index (χ1) is 8.33. The van der Waals surface area contributed by atoms with Crippen LogP contribution >= 0.6 is 0 Å². The first-order valence-corrected chi connectivity index (χ1v) is 6.32. The van der Waals surface area contributed by atoms with Gasteiger partial charge in [0.2, 0.25) is 0 Å². The van der Waals surface area contributed by atoms with E-state index in [1.54, 1.807) is 0 Å². The van der Waals surface area contributed by atoms with E-state index in [4.69, 9.17) is 15.2 Å². The highest BCUT2D eigenvalue weighted by atomic mass is 16.5. The molecule has 1 saturated heterocycles. The third-order valence-electron chi connectivity index (χ3n) is 3.33. The predicted molar refractivity (Wildman–Crippen MR) is 67.7 cm³/mol. The Hall–Kier alpha value is -0.900. The molecule has 2 N–H and O–H groups in total. The van der Waals surface area contributed by atoms with Crippen molar-refractivity contribution in [2.75, 3.05) is 19.8 Å². The van der Waals surface area contributed by atoms with E-state index in [0.717, 1.165) is 25.2 Å². The summed E-state index contributed by atoms with van der Waals surface area (Å²) in [4.78, 5) is 0.